The summed E-state index contributed by atoms with van der Waals surface area (Å²) in [6, 6.07) is 15.1. The Hall–Kier alpha value is -2.66. The van der Waals surface area contributed by atoms with Crippen molar-refractivity contribution in [2.24, 2.45) is 5.73 Å². The number of benzene rings is 2. The predicted octanol–water partition coefficient (Wildman–Crippen LogP) is 2.67. The lowest BCUT2D eigenvalue weighted by atomic mass is 10.1. The van der Waals surface area contributed by atoms with Crippen LogP contribution in [0.3, 0.4) is 0 Å². The second kappa shape index (κ2) is 5.52. The van der Waals surface area contributed by atoms with E-state index in [4.69, 9.17) is 10.2 Å². The topological polar surface area (TPSA) is 72.4 Å². The number of nitrogens with two attached hydrogens (primary N) is 1. The van der Waals surface area contributed by atoms with Crippen LogP contribution in [0.5, 0.6) is 0 Å². The van der Waals surface area contributed by atoms with Gasteiger partial charge in [-0.25, -0.2) is 4.98 Å². The SMILES string of the molecule is NC1CCN(C(=O)c2cccc(-c3nc4ccccc4o3)c2)C1. The lowest BCUT2D eigenvalue weighted by Gasteiger charge is -2.15. The Labute approximate surface area is 133 Å². The van der Waals surface area contributed by atoms with E-state index in [2.05, 4.69) is 4.98 Å². The van der Waals surface area contributed by atoms with Crippen molar-refractivity contribution in [2.45, 2.75) is 12.5 Å². The molecule has 0 aliphatic carbocycles. The van der Waals surface area contributed by atoms with E-state index in [9.17, 15) is 4.79 Å². The van der Waals surface area contributed by atoms with Gasteiger partial charge < -0.3 is 15.1 Å². The Kier molecular flexibility index (Phi) is 3.35. The first-order valence-electron chi connectivity index (χ1n) is 7.71. The van der Waals surface area contributed by atoms with Gasteiger partial charge in [0.25, 0.3) is 5.91 Å². The fourth-order valence-corrected chi connectivity index (χ4v) is 2.94. The van der Waals surface area contributed by atoms with Gasteiger partial charge in [0.15, 0.2) is 5.58 Å². The van der Waals surface area contributed by atoms with Crippen LogP contribution in [0.15, 0.2) is 52.9 Å². The first-order valence-corrected chi connectivity index (χ1v) is 7.71. The first kappa shape index (κ1) is 14.0. The number of fused-ring (bicyclic) bond motifs is 1. The molecule has 23 heavy (non-hydrogen) atoms. The van der Waals surface area contributed by atoms with Crippen molar-refractivity contribution in [3.05, 3.63) is 54.1 Å². The van der Waals surface area contributed by atoms with Gasteiger partial charge in [-0.1, -0.05) is 18.2 Å². The molecule has 1 amide bonds. The minimum absolute atomic E-state index is 0.0101. The maximum absolute atomic E-state index is 12.6. The lowest BCUT2D eigenvalue weighted by Crippen LogP contribution is -2.31. The van der Waals surface area contributed by atoms with E-state index in [0.717, 1.165) is 23.1 Å². The average molecular weight is 307 g/mol. The second-order valence-corrected chi connectivity index (χ2v) is 5.87. The number of oxazole rings is 1. The van der Waals surface area contributed by atoms with E-state index < -0.39 is 0 Å². The van der Waals surface area contributed by atoms with Gasteiger partial charge in [0, 0.05) is 30.3 Å². The molecule has 5 nitrogen and oxygen atoms in total. The van der Waals surface area contributed by atoms with Crippen LogP contribution in [-0.4, -0.2) is 34.9 Å². The number of carbonyl (C=O) groups excluding carboxylic acids is 1. The smallest absolute Gasteiger partial charge is 0.253 e. The summed E-state index contributed by atoms with van der Waals surface area (Å²) in [5, 5.41) is 0. The fourth-order valence-electron chi connectivity index (χ4n) is 2.94. The lowest BCUT2D eigenvalue weighted by molar-refractivity contribution is 0.0791. The Morgan fingerprint density at radius 2 is 2.09 bits per heavy atom. The molecule has 116 valence electrons. The minimum Gasteiger partial charge on any atom is -0.436 e. The van der Waals surface area contributed by atoms with Crippen molar-refractivity contribution >= 4 is 17.0 Å². The van der Waals surface area contributed by atoms with Gasteiger partial charge >= 0.3 is 0 Å². The average Bonchev–Trinajstić information content (AvgIpc) is 3.20. The van der Waals surface area contributed by atoms with E-state index in [-0.39, 0.29) is 11.9 Å². The van der Waals surface area contributed by atoms with Gasteiger partial charge in [-0.15, -0.1) is 0 Å². The molecule has 1 aromatic heterocycles. The van der Waals surface area contributed by atoms with Crippen LogP contribution in [-0.2, 0) is 0 Å². The summed E-state index contributed by atoms with van der Waals surface area (Å²) in [7, 11) is 0. The van der Waals surface area contributed by atoms with Crippen molar-refractivity contribution < 1.29 is 9.21 Å². The number of hydrogen-bond acceptors (Lipinski definition) is 4. The zero-order chi connectivity index (χ0) is 15.8. The molecule has 0 spiro atoms. The number of aromatic nitrogens is 1. The second-order valence-electron chi connectivity index (χ2n) is 5.87. The number of hydrogen-bond donors (Lipinski definition) is 1. The number of nitrogens with zero attached hydrogens (tertiary/aromatic N) is 2. The largest absolute Gasteiger partial charge is 0.436 e. The van der Waals surface area contributed by atoms with Crippen LogP contribution in [0.1, 0.15) is 16.8 Å². The summed E-state index contributed by atoms with van der Waals surface area (Å²) in [6.45, 7) is 1.33. The van der Waals surface area contributed by atoms with Gasteiger partial charge in [0.1, 0.15) is 5.52 Å². The fraction of sp³-hybridized carbons (Fsp3) is 0.222. The highest BCUT2D eigenvalue weighted by Crippen LogP contribution is 2.25. The quantitative estimate of drug-likeness (QED) is 0.790. The zero-order valence-electron chi connectivity index (χ0n) is 12.6. The van der Waals surface area contributed by atoms with Crippen molar-refractivity contribution in [1.82, 2.24) is 9.88 Å². The third-order valence-electron chi connectivity index (χ3n) is 4.16. The van der Waals surface area contributed by atoms with Gasteiger partial charge in [-0.3, -0.25) is 4.79 Å². The number of carbonyl (C=O) groups is 1. The molecule has 1 atom stereocenters. The van der Waals surface area contributed by atoms with E-state index >= 15 is 0 Å². The summed E-state index contributed by atoms with van der Waals surface area (Å²) in [5.74, 6) is 0.537. The summed E-state index contributed by atoms with van der Waals surface area (Å²) in [5.41, 5.74) is 8.88. The van der Waals surface area contributed by atoms with Gasteiger partial charge in [0.2, 0.25) is 5.89 Å². The zero-order valence-corrected chi connectivity index (χ0v) is 12.6. The molecule has 5 heteroatoms. The molecule has 0 radical (unpaired) electrons. The van der Waals surface area contributed by atoms with Crippen LogP contribution >= 0.6 is 0 Å². The van der Waals surface area contributed by atoms with E-state index in [1.54, 1.807) is 4.90 Å². The molecule has 1 aliphatic rings. The van der Waals surface area contributed by atoms with Crippen LogP contribution in [0.4, 0.5) is 0 Å². The number of likely N-dealkylation sites (tertiary alicyclic amines) is 1. The van der Waals surface area contributed by atoms with Gasteiger partial charge in [-0.05, 0) is 36.8 Å². The maximum Gasteiger partial charge on any atom is 0.253 e. The van der Waals surface area contributed by atoms with Gasteiger partial charge in [-0.2, -0.15) is 0 Å². The highest BCUT2D eigenvalue weighted by atomic mass is 16.3. The monoisotopic (exact) mass is 307 g/mol. The van der Waals surface area contributed by atoms with E-state index in [0.29, 0.717) is 24.5 Å². The molecule has 2 N–H and O–H groups in total. The maximum atomic E-state index is 12.6. The molecule has 4 rings (SSSR count). The Balaban J connectivity index is 1.67. The summed E-state index contributed by atoms with van der Waals surface area (Å²) >= 11 is 0. The molecule has 1 aliphatic heterocycles. The van der Waals surface area contributed by atoms with E-state index in [1.807, 2.05) is 48.5 Å². The molecule has 3 aromatic rings. The first-order chi connectivity index (χ1) is 11.2. The molecule has 1 unspecified atom stereocenters. The summed E-state index contributed by atoms with van der Waals surface area (Å²) in [6.07, 6.45) is 0.858. The standard InChI is InChI=1S/C18H17N3O2/c19-14-8-9-21(11-14)18(22)13-5-3-4-12(10-13)17-20-15-6-1-2-7-16(15)23-17/h1-7,10,14H,8-9,11,19H2. The molecular formula is C18H17N3O2. The Morgan fingerprint density at radius 1 is 1.22 bits per heavy atom. The highest BCUT2D eigenvalue weighted by molar-refractivity contribution is 5.95. The summed E-state index contributed by atoms with van der Waals surface area (Å²) in [4.78, 5) is 18.9. The number of para-hydroxylation sites is 2. The number of rotatable bonds is 2. The third-order valence-corrected chi connectivity index (χ3v) is 4.16. The Bertz CT molecular complexity index is 838. The molecular weight excluding hydrogens is 290 g/mol. The van der Waals surface area contributed by atoms with Crippen molar-refractivity contribution in [3.8, 4) is 11.5 Å². The Morgan fingerprint density at radius 3 is 2.87 bits per heavy atom. The third kappa shape index (κ3) is 2.59. The summed E-state index contributed by atoms with van der Waals surface area (Å²) < 4.78 is 5.78. The van der Waals surface area contributed by atoms with Crippen LogP contribution in [0, 0.1) is 0 Å². The minimum atomic E-state index is 0.0101. The molecule has 0 bridgehead atoms. The molecule has 1 fully saturated rings. The van der Waals surface area contributed by atoms with Crippen molar-refractivity contribution in [3.63, 3.8) is 0 Å². The molecule has 1 saturated heterocycles. The van der Waals surface area contributed by atoms with Crippen LogP contribution in [0.2, 0.25) is 0 Å². The van der Waals surface area contributed by atoms with Crippen LogP contribution in [0.25, 0.3) is 22.6 Å². The normalized spacial score (nSPS) is 17.8. The highest BCUT2D eigenvalue weighted by Gasteiger charge is 2.24. The molecule has 2 aromatic carbocycles. The van der Waals surface area contributed by atoms with Gasteiger partial charge in [0.05, 0.1) is 0 Å². The van der Waals surface area contributed by atoms with Crippen LogP contribution < -0.4 is 5.73 Å². The molecule has 0 saturated carbocycles. The van der Waals surface area contributed by atoms with Crippen molar-refractivity contribution in [2.75, 3.05) is 13.1 Å². The van der Waals surface area contributed by atoms with E-state index in [1.165, 1.54) is 0 Å². The predicted molar refractivity (Wildman–Crippen MR) is 87.9 cm³/mol. The molecule has 2 heterocycles. The number of amides is 1. The van der Waals surface area contributed by atoms with Crippen molar-refractivity contribution in [1.29, 1.82) is 0 Å².